The molecule has 0 aromatic carbocycles. The van der Waals surface area contributed by atoms with Gasteiger partial charge in [0, 0.05) is 6.42 Å². The summed E-state index contributed by atoms with van der Waals surface area (Å²) in [6.45, 7) is 2.31. The Morgan fingerprint density at radius 2 is 1.93 bits per heavy atom. The summed E-state index contributed by atoms with van der Waals surface area (Å²) in [5, 5.41) is 8.98. The Bertz CT molecular complexity index is 195. The van der Waals surface area contributed by atoms with Crippen molar-refractivity contribution < 1.29 is 19.5 Å². The summed E-state index contributed by atoms with van der Waals surface area (Å²) < 4.78 is 4.75. The molecule has 0 aliphatic carbocycles. The lowest BCUT2D eigenvalue weighted by atomic mass is 10.1. The zero-order valence-corrected chi connectivity index (χ0v) is 8.94. The molecule has 0 aliphatic heterocycles. The Balaban J connectivity index is 3.11. The fraction of sp³-hybridized carbons (Fsp3) is 0.889. The maximum absolute atomic E-state index is 10.9. The third kappa shape index (κ3) is 10.6. The monoisotopic (exact) mass is 219 g/mol. The SMILES string of the molecule is CCOC(=O)CCCCCCO[N+](=O)[O-]. The van der Waals surface area contributed by atoms with E-state index < -0.39 is 5.09 Å². The number of unbranched alkanes of at least 4 members (excludes halogenated alkanes) is 3. The van der Waals surface area contributed by atoms with Gasteiger partial charge >= 0.3 is 5.97 Å². The van der Waals surface area contributed by atoms with Crippen LogP contribution in [0, 0.1) is 10.1 Å². The van der Waals surface area contributed by atoms with Crippen molar-refractivity contribution in [3.8, 4) is 0 Å². The number of esters is 1. The standard InChI is InChI=1S/C9H17NO5/c1-2-14-9(11)7-5-3-4-6-8-15-10(12)13/h2-8H2,1H3. The Labute approximate surface area is 88.7 Å². The number of hydrogen-bond donors (Lipinski definition) is 0. The Hall–Kier alpha value is -1.33. The minimum absolute atomic E-state index is 0.131. The van der Waals surface area contributed by atoms with E-state index >= 15 is 0 Å². The van der Waals surface area contributed by atoms with E-state index in [0.717, 1.165) is 19.3 Å². The minimum Gasteiger partial charge on any atom is -0.466 e. The van der Waals surface area contributed by atoms with Crippen molar-refractivity contribution in [1.82, 2.24) is 0 Å². The number of carbonyl (C=O) groups is 1. The minimum atomic E-state index is -0.793. The van der Waals surface area contributed by atoms with E-state index in [9.17, 15) is 14.9 Å². The van der Waals surface area contributed by atoms with Crippen molar-refractivity contribution in [3.05, 3.63) is 10.1 Å². The first-order valence-electron chi connectivity index (χ1n) is 5.09. The first-order valence-corrected chi connectivity index (χ1v) is 5.09. The number of rotatable bonds is 9. The molecule has 0 radical (unpaired) electrons. The van der Waals surface area contributed by atoms with Crippen molar-refractivity contribution >= 4 is 5.97 Å². The molecule has 0 aromatic heterocycles. The van der Waals surface area contributed by atoms with Crippen LogP contribution in [0.5, 0.6) is 0 Å². The first kappa shape index (κ1) is 13.7. The Morgan fingerprint density at radius 3 is 2.53 bits per heavy atom. The molecule has 0 unspecified atom stereocenters. The van der Waals surface area contributed by atoms with Crippen LogP contribution in [0.2, 0.25) is 0 Å². The van der Waals surface area contributed by atoms with E-state index in [2.05, 4.69) is 4.84 Å². The third-order valence-electron chi connectivity index (χ3n) is 1.78. The van der Waals surface area contributed by atoms with Crippen LogP contribution in [0.25, 0.3) is 0 Å². The van der Waals surface area contributed by atoms with Crippen LogP contribution in [-0.2, 0) is 14.4 Å². The molecule has 0 fully saturated rings. The van der Waals surface area contributed by atoms with E-state index in [1.807, 2.05) is 0 Å². The highest BCUT2D eigenvalue weighted by Gasteiger charge is 2.00. The van der Waals surface area contributed by atoms with Crippen LogP contribution in [0.4, 0.5) is 0 Å². The lowest BCUT2D eigenvalue weighted by Gasteiger charge is -2.01. The van der Waals surface area contributed by atoms with Crippen LogP contribution in [0.15, 0.2) is 0 Å². The van der Waals surface area contributed by atoms with Gasteiger partial charge in [0.05, 0.1) is 13.2 Å². The van der Waals surface area contributed by atoms with Gasteiger partial charge in [0.1, 0.15) is 0 Å². The van der Waals surface area contributed by atoms with Gasteiger partial charge in [-0.25, -0.2) is 0 Å². The predicted octanol–water partition coefficient (Wildman–Crippen LogP) is 1.71. The largest absolute Gasteiger partial charge is 0.466 e. The van der Waals surface area contributed by atoms with Crippen LogP contribution < -0.4 is 0 Å². The van der Waals surface area contributed by atoms with Crippen molar-refractivity contribution in [2.24, 2.45) is 0 Å². The molecular formula is C9H17NO5. The fourth-order valence-corrected chi connectivity index (χ4v) is 1.10. The van der Waals surface area contributed by atoms with E-state index in [0.29, 0.717) is 19.4 Å². The molecule has 0 heterocycles. The summed E-state index contributed by atoms with van der Waals surface area (Å²) in [6.07, 6.45) is 3.51. The highest BCUT2D eigenvalue weighted by Crippen LogP contribution is 2.04. The summed E-state index contributed by atoms with van der Waals surface area (Å²) in [5.41, 5.74) is 0. The van der Waals surface area contributed by atoms with Gasteiger partial charge in [0.25, 0.3) is 5.09 Å². The molecule has 0 amide bonds. The number of hydrogen-bond acceptors (Lipinski definition) is 5. The van der Waals surface area contributed by atoms with Gasteiger partial charge in [0.15, 0.2) is 0 Å². The van der Waals surface area contributed by atoms with Crippen LogP contribution in [0.3, 0.4) is 0 Å². The Kier molecular flexibility index (Phi) is 8.42. The quantitative estimate of drug-likeness (QED) is 0.255. The summed E-state index contributed by atoms with van der Waals surface area (Å²) >= 11 is 0. The van der Waals surface area contributed by atoms with Gasteiger partial charge in [0.2, 0.25) is 0 Å². The van der Waals surface area contributed by atoms with Crippen LogP contribution >= 0.6 is 0 Å². The molecule has 6 nitrogen and oxygen atoms in total. The highest BCUT2D eigenvalue weighted by molar-refractivity contribution is 5.69. The van der Waals surface area contributed by atoms with E-state index in [1.165, 1.54) is 0 Å². The molecule has 0 N–H and O–H groups in total. The molecule has 0 saturated carbocycles. The lowest BCUT2D eigenvalue weighted by molar-refractivity contribution is -0.757. The molecule has 0 aromatic rings. The molecule has 0 saturated heterocycles. The van der Waals surface area contributed by atoms with Gasteiger partial charge in [-0.05, 0) is 19.8 Å². The maximum atomic E-state index is 10.9. The van der Waals surface area contributed by atoms with E-state index in [-0.39, 0.29) is 12.6 Å². The molecule has 88 valence electrons. The first-order chi connectivity index (χ1) is 7.16. The van der Waals surface area contributed by atoms with Gasteiger partial charge in [-0.1, -0.05) is 12.8 Å². The maximum Gasteiger partial charge on any atom is 0.305 e. The van der Waals surface area contributed by atoms with Gasteiger partial charge < -0.3 is 9.57 Å². The molecule has 0 spiro atoms. The van der Waals surface area contributed by atoms with Crippen LogP contribution in [0.1, 0.15) is 39.0 Å². The summed E-state index contributed by atoms with van der Waals surface area (Å²) in [4.78, 5) is 24.8. The molecular weight excluding hydrogens is 202 g/mol. The molecule has 0 bridgehead atoms. The van der Waals surface area contributed by atoms with Crippen molar-refractivity contribution in [3.63, 3.8) is 0 Å². The van der Waals surface area contributed by atoms with E-state index in [1.54, 1.807) is 6.92 Å². The molecule has 0 aliphatic rings. The smallest absolute Gasteiger partial charge is 0.305 e. The van der Waals surface area contributed by atoms with Gasteiger partial charge in [-0.2, -0.15) is 0 Å². The zero-order valence-electron chi connectivity index (χ0n) is 8.94. The zero-order chi connectivity index (χ0) is 11.5. The number of ether oxygens (including phenoxy) is 1. The summed E-state index contributed by atoms with van der Waals surface area (Å²) in [7, 11) is 0. The van der Waals surface area contributed by atoms with E-state index in [4.69, 9.17) is 4.74 Å². The lowest BCUT2D eigenvalue weighted by Crippen LogP contribution is -2.04. The third-order valence-corrected chi connectivity index (χ3v) is 1.78. The van der Waals surface area contributed by atoms with Gasteiger partial charge in [-0.3, -0.25) is 4.79 Å². The van der Waals surface area contributed by atoms with Crippen molar-refractivity contribution in [2.75, 3.05) is 13.2 Å². The number of nitrogens with zero attached hydrogens (tertiary/aromatic N) is 1. The predicted molar refractivity (Wildman–Crippen MR) is 52.7 cm³/mol. The molecule has 15 heavy (non-hydrogen) atoms. The second-order valence-electron chi connectivity index (χ2n) is 3.03. The summed E-state index contributed by atoms with van der Waals surface area (Å²) in [6, 6.07) is 0. The second-order valence-corrected chi connectivity index (χ2v) is 3.03. The number of carbonyl (C=O) groups excluding carboxylic acids is 1. The van der Waals surface area contributed by atoms with Crippen LogP contribution in [-0.4, -0.2) is 24.3 Å². The average molecular weight is 219 g/mol. The van der Waals surface area contributed by atoms with Crippen molar-refractivity contribution in [1.29, 1.82) is 0 Å². The fourth-order valence-electron chi connectivity index (χ4n) is 1.10. The van der Waals surface area contributed by atoms with Crippen molar-refractivity contribution in [2.45, 2.75) is 39.0 Å². The second kappa shape index (κ2) is 9.23. The molecule has 6 heteroatoms. The normalized spacial score (nSPS) is 9.67. The highest BCUT2D eigenvalue weighted by atomic mass is 16.9. The summed E-state index contributed by atoms with van der Waals surface area (Å²) in [5.74, 6) is -0.181. The molecule has 0 rings (SSSR count). The Morgan fingerprint density at radius 1 is 1.27 bits per heavy atom. The van der Waals surface area contributed by atoms with Gasteiger partial charge in [-0.15, -0.1) is 10.1 Å². The molecule has 0 atom stereocenters. The average Bonchev–Trinajstić information content (AvgIpc) is 2.16. The topological polar surface area (TPSA) is 78.7 Å².